The first-order chi connectivity index (χ1) is 5.72. The van der Waals surface area contributed by atoms with Crippen LogP contribution in [0.4, 0.5) is 0 Å². The van der Waals surface area contributed by atoms with Crippen molar-refractivity contribution >= 4 is 5.97 Å². The number of carbonyl (C=O) groups is 1. The van der Waals surface area contributed by atoms with Crippen LogP contribution in [0.25, 0.3) is 0 Å². The Bertz CT molecular complexity index is 265. The average molecular weight is 167 g/mol. The molecule has 1 heterocycles. The zero-order valence-corrected chi connectivity index (χ0v) is 7.39. The van der Waals surface area contributed by atoms with Crippen LogP contribution in [0.3, 0.4) is 0 Å². The van der Waals surface area contributed by atoms with Gasteiger partial charge in [-0.25, -0.2) is 0 Å². The third kappa shape index (κ3) is 2.42. The van der Waals surface area contributed by atoms with Crippen LogP contribution in [0, 0.1) is 6.92 Å². The molecule has 0 unspecified atom stereocenters. The second-order valence-electron chi connectivity index (χ2n) is 2.78. The van der Waals surface area contributed by atoms with Crippen molar-refractivity contribution in [3.63, 3.8) is 0 Å². The van der Waals surface area contributed by atoms with Crippen LogP contribution in [0.1, 0.15) is 17.7 Å². The number of ether oxygens (including phenoxy) is 1. The first-order valence-corrected chi connectivity index (χ1v) is 3.93. The Hall–Kier alpha value is -1.25. The third-order valence-corrected chi connectivity index (χ3v) is 1.71. The number of nitrogens with one attached hydrogen (secondary N) is 1. The van der Waals surface area contributed by atoms with Gasteiger partial charge in [-0.3, -0.25) is 4.79 Å². The lowest BCUT2D eigenvalue weighted by Gasteiger charge is -1.96. The molecule has 0 aliphatic carbocycles. The molecule has 1 rings (SSSR count). The molecule has 0 bridgehead atoms. The van der Waals surface area contributed by atoms with Crippen molar-refractivity contribution in [3.05, 3.63) is 23.5 Å². The quantitative estimate of drug-likeness (QED) is 0.692. The fourth-order valence-corrected chi connectivity index (χ4v) is 1.05. The molecular formula is C9H13NO2. The maximum absolute atomic E-state index is 10.8. The Morgan fingerprint density at radius 1 is 1.67 bits per heavy atom. The van der Waals surface area contributed by atoms with Crippen LogP contribution < -0.4 is 0 Å². The van der Waals surface area contributed by atoms with Gasteiger partial charge in [0.25, 0.3) is 0 Å². The Morgan fingerprint density at radius 3 is 2.92 bits per heavy atom. The molecule has 3 nitrogen and oxygen atoms in total. The van der Waals surface area contributed by atoms with Crippen LogP contribution in [0.15, 0.2) is 12.3 Å². The second-order valence-corrected chi connectivity index (χ2v) is 2.78. The fourth-order valence-electron chi connectivity index (χ4n) is 1.05. The molecule has 0 aliphatic heterocycles. The van der Waals surface area contributed by atoms with Gasteiger partial charge in [0.1, 0.15) is 0 Å². The van der Waals surface area contributed by atoms with Gasteiger partial charge in [0.2, 0.25) is 0 Å². The zero-order chi connectivity index (χ0) is 8.97. The van der Waals surface area contributed by atoms with Crippen molar-refractivity contribution in [2.24, 2.45) is 0 Å². The summed E-state index contributed by atoms with van der Waals surface area (Å²) in [5.41, 5.74) is 2.27. The normalized spacial score (nSPS) is 9.83. The SMILES string of the molecule is COC(=O)CCc1cc(C)c[nH]1. The summed E-state index contributed by atoms with van der Waals surface area (Å²) in [5, 5.41) is 0. The largest absolute Gasteiger partial charge is 0.469 e. The number of methoxy groups -OCH3 is 1. The summed E-state index contributed by atoms with van der Waals surface area (Å²) in [6, 6.07) is 2.03. The predicted molar refractivity (Wildman–Crippen MR) is 45.9 cm³/mol. The van der Waals surface area contributed by atoms with Gasteiger partial charge in [0, 0.05) is 11.9 Å². The summed E-state index contributed by atoms with van der Waals surface area (Å²) in [5.74, 6) is -0.165. The molecule has 0 fully saturated rings. The molecule has 66 valence electrons. The van der Waals surface area contributed by atoms with E-state index in [0.717, 1.165) is 12.1 Å². The number of rotatable bonds is 3. The Balaban J connectivity index is 2.38. The smallest absolute Gasteiger partial charge is 0.305 e. The highest BCUT2D eigenvalue weighted by Gasteiger charge is 2.01. The highest BCUT2D eigenvalue weighted by molar-refractivity contribution is 5.69. The van der Waals surface area contributed by atoms with E-state index in [1.807, 2.05) is 19.2 Å². The maximum Gasteiger partial charge on any atom is 0.305 e. The molecule has 0 aromatic carbocycles. The first kappa shape index (κ1) is 8.84. The van der Waals surface area contributed by atoms with E-state index < -0.39 is 0 Å². The minimum Gasteiger partial charge on any atom is -0.469 e. The van der Waals surface area contributed by atoms with E-state index in [1.54, 1.807) is 0 Å². The van der Waals surface area contributed by atoms with E-state index in [-0.39, 0.29) is 5.97 Å². The number of aromatic nitrogens is 1. The van der Waals surface area contributed by atoms with Crippen LogP contribution in [-0.4, -0.2) is 18.1 Å². The van der Waals surface area contributed by atoms with Crippen molar-refractivity contribution in [2.75, 3.05) is 7.11 Å². The van der Waals surface area contributed by atoms with Crippen LogP contribution in [0.5, 0.6) is 0 Å². The number of aryl methyl sites for hydroxylation is 2. The molecule has 12 heavy (non-hydrogen) atoms. The van der Waals surface area contributed by atoms with E-state index >= 15 is 0 Å². The van der Waals surface area contributed by atoms with Gasteiger partial charge in [-0.15, -0.1) is 0 Å². The number of hydrogen-bond donors (Lipinski definition) is 1. The standard InChI is InChI=1S/C9H13NO2/c1-7-5-8(10-6-7)3-4-9(11)12-2/h5-6,10H,3-4H2,1-2H3. The Morgan fingerprint density at radius 2 is 2.42 bits per heavy atom. The second kappa shape index (κ2) is 3.95. The van der Waals surface area contributed by atoms with Crippen molar-refractivity contribution in [2.45, 2.75) is 19.8 Å². The summed E-state index contributed by atoms with van der Waals surface area (Å²) >= 11 is 0. The summed E-state index contributed by atoms with van der Waals surface area (Å²) in [6.07, 6.45) is 3.09. The first-order valence-electron chi connectivity index (χ1n) is 3.93. The molecule has 0 atom stereocenters. The highest BCUT2D eigenvalue weighted by Crippen LogP contribution is 2.04. The molecule has 0 saturated carbocycles. The van der Waals surface area contributed by atoms with Gasteiger partial charge in [-0.05, 0) is 25.0 Å². The predicted octanol–water partition coefficient (Wildman–Crippen LogP) is 1.43. The van der Waals surface area contributed by atoms with Crippen LogP contribution in [-0.2, 0) is 16.0 Å². The van der Waals surface area contributed by atoms with Gasteiger partial charge in [-0.1, -0.05) is 0 Å². The lowest BCUT2D eigenvalue weighted by molar-refractivity contribution is -0.140. The lowest BCUT2D eigenvalue weighted by Crippen LogP contribution is -2.01. The van der Waals surface area contributed by atoms with E-state index in [4.69, 9.17) is 0 Å². The summed E-state index contributed by atoms with van der Waals surface area (Å²) < 4.78 is 4.53. The molecule has 0 spiro atoms. The fraction of sp³-hybridized carbons (Fsp3) is 0.444. The lowest BCUT2D eigenvalue weighted by atomic mass is 10.2. The van der Waals surface area contributed by atoms with E-state index in [9.17, 15) is 4.79 Å². The number of carbonyl (C=O) groups excluding carboxylic acids is 1. The molecule has 3 heteroatoms. The maximum atomic E-state index is 10.8. The third-order valence-electron chi connectivity index (χ3n) is 1.71. The van der Waals surface area contributed by atoms with E-state index in [0.29, 0.717) is 6.42 Å². The van der Waals surface area contributed by atoms with Gasteiger partial charge < -0.3 is 9.72 Å². The van der Waals surface area contributed by atoms with Crippen molar-refractivity contribution in [3.8, 4) is 0 Å². The monoisotopic (exact) mass is 167 g/mol. The number of hydrogen-bond acceptors (Lipinski definition) is 2. The highest BCUT2D eigenvalue weighted by atomic mass is 16.5. The molecule has 0 saturated heterocycles. The molecule has 1 N–H and O–H groups in total. The molecule has 0 radical (unpaired) electrons. The van der Waals surface area contributed by atoms with Crippen LogP contribution in [0.2, 0.25) is 0 Å². The molecule has 0 amide bonds. The number of H-pyrrole nitrogens is 1. The average Bonchev–Trinajstić information content (AvgIpc) is 2.47. The topological polar surface area (TPSA) is 42.1 Å². The van der Waals surface area contributed by atoms with Gasteiger partial charge in [0.15, 0.2) is 0 Å². The van der Waals surface area contributed by atoms with Crippen molar-refractivity contribution in [1.29, 1.82) is 0 Å². The Labute approximate surface area is 71.7 Å². The Kier molecular flexibility index (Phi) is 2.91. The van der Waals surface area contributed by atoms with Crippen molar-refractivity contribution in [1.82, 2.24) is 4.98 Å². The van der Waals surface area contributed by atoms with Gasteiger partial charge in [-0.2, -0.15) is 0 Å². The summed E-state index contributed by atoms with van der Waals surface area (Å²) in [4.78, 5) is 13.8. The molecular weight excluding hydrogens is 154 g/mol. The minimum atomic E-state index is -0.165. The van der Waals surface area contributed by atoms with Gasteiger partial charge in [0.05, 0.1) is 13.5 Å². The minimum absolute atomic E-state index is 0.165. The van der Waals surface area contributed by atoms with Gasteiger partial charge >= 0.3 is 5.97 Å². The summed E-state index contributed by atoms with van der Waals surface area (Å²) in [7, 11) is 1.41. The number of aromatic amines is 1. The van der Waals surface area contributed by atoms with Crippen LogP contribution >= 0.6 is 0 Å². The molecule has 1 aromatic rings. The van der Waals surface area contributed by atoms with E-state index in [1.165, 1.54) is 12.7 Å². The molecule has 1 aromatic heterocycles. The zero-order valence-electron chi connectivity index (χ0n) is 7.39. The number of esters is 1. The molecule has 0 aliphatic rings. The van der Waals surface area contributed by atoms with E-state index in [2.05, 4.69) is 9.72 Å². The summed E-state index contributed by atoms with van der Waals surface area (Å²) in [6.45, 7) is 2.01. The van der Waals surface area contributed by atoms with Crippen molar-refractivity contribution < 1.29 is 9.53 Å².